The van der Waals surface area contributed by atoms with Gasteiger partial charge in [0.2, 0.25) is 0 Å². The van der Waals surface area contributed by atoms with Gasteiger partial charge in [-0.15, -0.1) is 0 Å². The first-order valence-corrected chi connectivity index (χ1v) is 10.2. The molecule has 1 aromatic carbocycles. The van der Waals surface area contributed by atoms with Crippen molar-refractivity contribution in [1.82, 2.24) is 14.9 Å². The number of hydrogen-bond acceptors (Lipinski definition) is 7. The highest BCUT2D eigenvalue weighted by atomic mass is 16.5. The van der Waals surface area contributed by atoms with Crippen molar-refractivity contribution < 1.29 is 18.9 Å². The maximum absolute atomic E-state index is 6.07. The van der Waals surface area contributed by atoms with Crippen molar-refractivity contribution in [2.45, 2.75) is 19.1 Å². The summed E-state index contributed by atoms with van der Waals surface area (Å²) in [6, 6.07) is 13.9. The summed E-state index contributed by atoms with van der Waals surface area (Å²) in [6.07, 6.45) is 3.53. The molecule has 3 heterocycles. The summed E-state index contributed by atoms with van der Waals surface area (Å²) in [6.45, 7) is 3.10. The van der Waals surface area contributed by atoms with Gasteiger partial charge in [-0.2, -0.15) is 0 Å². The SMILES string of the molecule is COc1ccc(CN2CC(c3ccccn3)C2)cc1OCc1nccc(OC)c1OC. The fraction of sp³-hybridized carbons (Fsp3) is 0.333. The molecular formula is C24H27N3O4. The van der Waals surface area contributed by atoms with Gasteiger partial charge in [0.05, 0.1) is 21.3 Å². The summed E-state index contributed by atoms with van der Waals surface area (Å²) in [5, 5.41) is 0. The molecular weight excluding hydrogens is 394 g/mol. The molecule has 4 rings (SSSR count). The van der Waals surface area contributed by atoms with Crippen LogP contribution in [0.15, 0.2) is 54.9 Å². The second-order valence-electron chi connectivity index (χ2n) is 7.41. The number of hydrogen-bond donors (Lipinski definition) is 0. The Morgan fingerprint density at radius 2 is 1.71 bits per heavy atom. The minimum Gasteiger partial charge on any atom is -0.493 e. The summed E-state index contributed by atoms with van der Waals surface area (Å²) in [5.74, 6) is 3.05. The van der Waals surface area contributed by atoms with Crippen molar-refractivity contribution in [3.63, 3.8) is 0 Å². The lowest BCUT2D eigenvalue weighted by Crippen LogP contribution is -2.44. The van der Waals surface area contributed by atoms with Crippen molar-refractivity contribution >= 4 is 0 Å². The predicted octanol–water partition coefficient (Wildman–Crippen LogP) is 3.68. The molecule has 3 aromatic rings. The maximum Gasteiger partial charge on any atom is 0.185 e. The van der Waals surface area contributed by atoms with Gasteiger partial charge in [0.25, 0.3) is 0 Å². The third-order valence-electron chi connectivity index (χ3n) is 5.43. The number of benzene rings is 1. The Labute approximate surface area is 182 Å². The molecule has 7 nitrogen and oxygen atoms in total. The van der Waals surface area contributed by atoms with Gasteiger partial charge in [0, 0.05) is 49.7 Å². The molecule has 0 amide bonds. The largest absolute Gasteiger partial charge is 0.493 e. The van der Waals surface area contributed by atoms with Crippen molar-refractivity contribution in [3.8, 4) is 23.0 Å². The highest BCUT2D eigenvalue weighted by Gasteiger charge is 2.28. The van der Waals surface area contributed by atoms with E-state index in [2.05, 4.69) is 27.0 Å². The first-order valence-electron chi connectivity index (χ1n) is 10.2. The average Bonchev–Trinajstić information content (AvgIpc) is 2.79. The molecule has 0 N–H and O–H groups in total. The number of ether oxygens (including phenoxy) is 4. The van der Waals surface area contributed by atoms with Crippen LogP contribution in [0.2, 0.25) is 0 Å². The molecule has 0 saturated carbocycles. The van der Waals surface area contributed by atoms with E-state index in [-0.39, 0.29) is 6.61 Å². The summed E-state index contributed by atoms with van der Waals surface area (Å²) >= 11 is 0. The van der Waals surface area contributed by atoms with Gasteiger partial charge in [-0.25, -0.2) is 0 Å². The van der Waals surface area contributed by atoms with Crippen LogP contribution in [0.5, 0.6) is 23.0 Å². The Morgan fingerprint density at radius 3 is 2.42 bits per heavy atom. The van der Waals surface area contributed by atoms with Crippen LogP contribution >= 0.6 is 0 Å². The Bertz CT molecular complexity index is 1010. The molecule has 2 aromatic heterocycles. The Morgan fingerprint density at radius 1 is 0.871 bits per heavy atom. The molecule has 0 spiro atoms. The molecule has 162 valence electrons. The summed E-state index contributed by atoms with van der Waals surface area (Å²) in [5.41, 5.74) is 2.99. The van der Waals surface area contributed by atoms with Crippen LogP contribution in [0, 0.1) is 0 Å². The second-order valence-corrected chi connectivity index (χ2v) is 7.41. The molecule has 31 heavy (non-hydrogen) atoms. The van der Waals surface area contributed by atoms with E-state index < -0.39 is 0 Å². The first-order chi connectivity index (χ1) is 15.2. The quantitative estimate of drug-likeness (QED) is 0.522. The van der Waals surface area contributed by atoms with E-state index in [1.807, 2.05) is 30.5 Å². The van der Waals surface area contributed by atoms with Crippen molar-refractivity contribution in [3.05, 3.63) is 71.8 Å². The minimum atomic E-state index is 0.242. The van der Waals surface area contributed by atoms with Crippen LogP contribution in [-0.4, -0.2) is 49.3 Å². The summed E-state index contributed by atoms with van der Waals surface area (Å²) in [7, 11) is 4.83. The van der Waals surface area contributed by atoms with Crippen molar-refractivity contribution in [2.75, 3.05) is 34.4 Å². The normalized spacial score (nSPS) is 14.0. The minimum absolute atomic E-state index is 0.242. The highest BCUT2D eigenvalue weighted by molar-refractivity contribution is 5.45. The van der Waals surface area contributed by atoms with E-state index in [0.717, 1.165) is 25.3 Å². The Balaban J connectivity index is 1.42. The van der Waals surface area contributed by atoms with Crippen molar-refractivity contribution in [2.24, 2.45) is 0 Å². The van der Waals surface area contributed by atoms with Gasteiger partial charge in [0.15, 0.2) is 23.0 Å². The van der Waals surface area contributed by atoms with E-state index >= 15 is 0 Å². The van der Waals surface area contributed by atoms with Crippen LogP contribution in [0.1, 0.15) is 22.9 Å². The number of nitrogens with zero attached hydrogens (tertiary/aromatic N) is 3. The molecule has 0 aliphatic carbocycles. The molecule has 7 heteroatoms. The maximum atomic E-state index is 6.07. The van der Waals surface area contributed by atoms with Crippen LogP contribution < -0.4 is 18.9 Å². The summed E-state index contributed by atoms with van der Waals surface area (Å²) < 4.78 is 22.3. The number of likely N-dealkylation sites (tertiary alicyclic amines) is 1. The topological polar surface area (TPSA) is 65.9 Å². The highest BCUT2D eigenvalue weighted by Crippen LogP contribution is 2.34. The van der Waals surface area contributed by atoms with Crippen molar-refractivity contribution in [1.29, 1.82) is 0 Å². The van der Waals surface area contributed by atoms with Gasteiger partial charge in [-0.3, -0.25) is 14.9 Å². The molecule has 0 bridgehead atoms. The number of methoxy groups -OCH3 is 3. The van der Waals surface area contributed by atoms with Crippen LogP contribution in [-0.2, 0) is 13.2 Å². The van der Waals surface area contributed by atoms with Gasteiger partial charge < -0.3 is 18.9 Å². The van der Waals surface area contributed by atoms with Gasteiger partial charge in [0.1, 0.15) is 12.3 Å². The Kier molecular flexibility index (Phi) is 6.52. The Hall–Kier alpha value is -3.32. The van der Waals surface area contributed by atoms with E-state index in [1.54, 1.807) is 33.6 Å². The second kappa shape index (κ2) is 9.66. The van der Waals surface area contributed by atoms with E-state index in [1.165, 1.54) is 5.56 Å². The molecule has 0 unspecified atom stereocenters. The van der Waals surface area contributed by atoms with Crippen LogP contribution in [0.25, 0.3) is 0 Å². The lowest BCUT2D eigenvalue weighted by atomic mass is 9.95. The standard InChI is InChI=1S/C24H27N3O4/c1-28-21-8-7-17(13-27-14-18(15-27)19-6-4-5-10-25-19)12-23(21)31-16-20-24(30-3)22(29-2)9-11-26-20/h4-12,18H,13-16H2,1-3H3. The molecule has 1 saturated heterocycles. The smallest absolute Gasteiger partial charge is 0.185 e. The number of aromatic nitrogens is 2. The summed E-state index contributed by atoms with van der Waals surface area (Å²) in [4.78, 5) is 11.2. The van der Waals surface area contributed by atoms with E-state index in [4.69, 9.17) is 18.9 Å². The number of pyridine rings is 2. The van der Waals surface area contributed by atoms with Gasteiger partial charge in [-0.1, -0.05) is 12.1 Å². The lowest BCUT2D eigenvalue weighted by molar-refractivity contribution is 0.137. The fourth-order valence-electron chi connectivity index (χ4n) is 3.79. The zero-order chi connectivity index (χ0) is 21.6. The third-order valence-corrected chi connectivity index (χ3v) is 5.43. The molecule has 1 fully saturated rings. The van der Waals surface area contributed by atoms with E-state index in [0.29, 0.717) is 34.6 Å². The molecule has 1 aliphatic rings. The van der Waals surface area contributed by atoms with Crippen LogP contribution in [0.4, 0.5) is 0 Å². The van der Waals surface area contributed by atoms with Crippen LogP contribution in [0.3, 0.4) is 0 Å². The molecule has 0 atom stereocenters. The zero-order valence-electron chi connectivity index (χ0n) is 18.1. The van der Waals surface area contributed by atoms with E-state index in [9.17, 15) is 0 Å². The third kappa shape index (κ3) is 4.72. The van der Waals surface area contributed by atoms with Gasteiger partial charge in [-0.05, 0) is 29.8 Å². The van der Waals surface area contributed by atoms with Gasteiger partial charge >= 0.3 is 0 Å². The number of rotatable bonds is 9. The lowest BCUT2D eigenvalue weighted by Gasteiger charge is -2.39. The molecule has 1 aliphatic heterocycles. The fourth-order valence-corrected chi connectivity index (χ4v) is 3.79. The first kappa shape index (κ1) is 20.9. The predicted molar refractivity (Wildman–Crippen MR) is 117 cm³/mol. The monoisotopic (exact) mass is 421 g/mol. The zero-order valence-corrected chi connectivity index (χ0v) is 18.1. The molecule has 0 radical (unpaired) electrons. The average molecular weight is 421 g/mol.